The van der Waals surface area contributed by atoms with Gasteiger partial charge in [-0.05, 0) is 24.3 Å². The number of halogens is 4. The molecule has 0 bridgehead atoms. The van der Waals surface area contributed by atoms with E-state index in [9.17, 15) is 0 Å². The number of hydrogen-bond donors (Lipinski definition) is 1. The Morgan fingerprint density at radius 1 is 0.647 bits per heavy atom. The predicted molar refractivity (Wildman–Crippen MR) is 76.2 cm³/mol. The third-order valence-electron chi connectivity index (χ3n) is 2.15. The van der Waals surface area contributed by atoms with Crippen molar-refractivity contribution in [2.45, 2.75) is 0 Å². The number of anilines is 2. The van der Waals surface area contributed by atoms with E-state index in [0.29, 0.717) is 25.8 Å². The predicted octanol–water partition coefficient (Wildman–Crippen LogP) is 6.04. The molecule has 88 valence electrons. The highest BCUT2D eigenvalue weighted by Gasteiger charge is 2.07. The van der Waals surface area contributed by atoms with Crippen LogP contribution in [-0.4, -0.2) is 0 Å². The summed E-state index contributed by atoms with van der Waals surface area (Å²) in [6.45, 7) is 0. The third-order valence-corrected chi connectivity index (χ3v) is 3.52. The molecule has 17 heavy (non-hydrogen) atoms. The largest absolute Gasteiger partial charge is 0.353 e. The van der Waals surface area contributed by atoms with Crippen LogP contribution in [0.5, 0.6) is 0 Å². The molecular weight excluding hydrogens is 300 g/mol. The van der Waals surface area contributed by atoms with Gasteiger partial charge in [-0.25, -0.2) is 0 Å². The Hall–Kier alpha value is -0.600. The van der Waals surface area contributed by atoms with E-state index >= 15 is 0 Å². The average Bonchev–Trinajstić information content (AvgIpc) is 2.29. The van der Waals surface area contributed by atoms with Crippen LogP contribution in [0.4, 0.5) is 11.4 Å². The summed E-state index contributed by atoms with van der Waals surface area (Å²) in [7, 11) is 0. The van der Waals surface area contributed by atoms with Crippen molar-refractivity contribution in [2.24, 2.45) is 0 Å². The molecule has 0 radical (unpaired) electrons. The third kappa shape index (κ3) is 2.99. The summed E-state index contributed by atoms with van der Waals surface area (Å²) >= 11 is 23.9. The molecule has 2 aromatic carbocycles. The van der Waals surface area contributed by atoms with Crippen molar-refractivity contribution in [3.63, 3.8) is 0 Å². The zero-order valence-electron chi connectivity index (χ0n) is 8.48. The van der Waals surface area contributed by atoms with Gasteiger partial charge < -0.3 is 5.32 Å². The Balaban J connectivity index is 2.37. The van der Waals surface area contributed by atoms with Gasteiger partial charge in [-0.1, -0.05) is 58.5 Å². The molecule has 0 atom stereocenters. The molecule has 0 aliphatic heterocycles. The van der Waals surface area contributed by atoms with Gasteiger partial charge in [0.15, 0.2) is 0 Å². The van der Waals surface area contributed by atoms with Crippen molar-refractivity contribution >= 4 is 57.8 Å². The summed E-state index contributed by atoms with van der Waals surface area (Å²) in [6.07, 6.45) is 0. The van der Waals surface area contributed by atoms with E-state index in [2.05, 4.69) is 5.32 Å². The standard InChI is InChI=1S/C12H7Cl4N/c13-7-3-1-2-4-11(7)17-12-6-9(15)8(14)5-10(12)16/h1-6,17H. The van der Waals surface area contributed by atoms with Crippen molar-refractivity contribution in [1.82, 2.24) is 0 Å². The lowest BCUT2D eigenvalue weighted by Gasteiger charge is -2.11. The van der Waals surface area contributed by atoms with Crippen molar-refractivity contribution in [3.05, 3.63) is 56.5 Å². The number of hydrogen-bond acceptors (Lipinski definition) is 1. The fraction of sp³-hybridized carbons (Fsp3) is 0. The first kappa shape index (κ1) is 12.8. The zero-order valence-corrected chi connectivity index (χ0v) is 11.5. The highest BCUT2D eigenvalue weighted by molar-refractivity contribution is 6.44. The van der Waals surface area contributed by atoms with Gasteiger partial charge in [0.05, 0.1) is 31.5 Å². The van der Waals surface area contributed by atoms with Crippen molar-refractivity contribution in [2.75, 3.05) is 5.32 Å². The highest BCUT2D eigenvalue weighted by Crippen LogP contribution is 2.35. The quantitative estimate of drug-likeness (QED) is 0.666. The van der Waals surface area contributed by atoms with Gasteiger partial charge >= 0.3 is 0 Å². The molecule has 0 aliphatic carbocycles. The van der Waals surface area contributed by atoms with Crippen LogP contribution in [0.2, 0.25) is 20.1 Å². The molecule has 0 amide bonds. The number of para-hydroxylation sites is 1. The van der Waals surface area contributed by atoms with E-state index in [4.69, 9.17) is 46.4 Å². The molecule has 1 N–H and O–H groups in total. The Bertz CT molecular complexity index is 554. The van der Waals surface area contributed by atoms with E-state index in [1.807, 2.05) is 18.2 Å². The van der Waals surface area contributed by atoms with Crippen LogP contribution in [0.3, 0.4) is 0 Å². The minimum Gasteiger partial charge on any atom is -0.353 e. The molecule has 1 nitrogen and oxygen atoms in total. The molecular formula is C12H7Cl4N. The van der Waals surface area contributed by atoms with E-state index in [1.165, 1.54) is 0 Å². The van der Waals surface area contributed by atoms with Crippen molar-refractivity contribution < 1.29 is 0 Å². The van der Waals surface area contributed by atoms with Crippen LogP contribution < -0.4 is 5.32 Å². The van der Waals surface area contributed by atoms with E-state index < -0.39 is 0 Å². The van der Waals surface area contributed by atoms with Crippen LogP contribution in [-0.2, 0) is 0 Å². The Morgan fingerprint density at radius 3 is 2.00 bits per heavy atom. The molecule has 0 spiro atoms. The molecule has 0 heterocycles. The summed E-state index contributed by atoms with van der Waals surface area (Å²) < 4.78 is 0. The molecule has 0 saturated carbocycles. The Labute approximate surface area is 119 Å². The number of rotatable bonds is 2. The lowest BCUT2D eigenvalue weighted by Crippen LogP contribution is -1.92. The first-order valence-corrected chi connectivity index (χ1v) is 6.25. The fourth-order valence-corrected chi connectivity index (χ4v) is 2.10. The maximum atomic E-state index is 6.06. The fourth-order valence-electron chi connectivity index (χ4n) is 1.33. The van der Waals surface area contributed by atoms with Gasteiger partial charge in [0, 0.05) is 0 Å². The summed E-state index contributed by atoms with van der Waals surface area (Å²) in [6, 6.07) is 10.6. The minimum absolute atomic E-state index is 0.418. The monoisotopic (exact) mass is 305 g/mol. The molecule has 5 heteroatoms. The van der Waals surface area contributed by atoms with Gasteiger partial charge in [0.2, 0.25) is 0 Å². The molecule has 0 unspecified atom stereocenters. The second-order valence-electron chi connectivity index (χ2n) is 3.35. The van der Waals surface area contributed by atoms with Gasteiger partial charge in [0.25, 0.3) is 0 Å². The molecule has 0 aromatic heterocycles. The van der Waals surface area contributed by atoms with Gasteiger partial charge in [-0.2, -0.15) is 0 Å². The topological polar surface area (TPSA) is 12.0 Å². The van der Waals surface area contributed by atoms with Crippen molar-refractivity contribution in [3.8, 4) is 0 Å². The molecule has 2 rings (SSSR count). The summed E-state index contributed by atoms with van der Waals surface area (Å²) in [5.74, 6) is 0. The van der Waals surface area contributed by atoms with Crippen LogP contribution in [0, 0.1) is 0 Å². The summed E-state index contributed by atoms with van der Waals surface area (Å²) in [4.78, 5) is 0. The molecule has 0 saturated heterocycles. The number of nitrogens with one attached hydrogen (secondary N) is 1. The summed E-state index contributed by atoms with van der Waals surface area (Å²) in [5, 5.41) is 5.05. The van der Waals surface area contributed by atoms with Crippen LogP contribution >= 0.6 is 46.4 Å². The lowest BCUT2D eigenvalue weighted by atomic mass is 10.2. The second kappa shape index (κ2) is 5.36. The molecule has 2 aromatic rings. The maximum Gasteiger partial charge on any atom is 0.0656 e. The molecule has 0 aliphatic rings. The maximum absolute atomic E-state index is 6.06. The first-order chi connectivity index (χ1) is 8.08. The first-order valence-electron chi connectivity index (χ1n) is 4.74. The zero-order chi connectivity index (χ0) is 12.4. The van der Waals surface area contributed by atoms with Gasteiger partial charge in [-0.3, -0.25) is 0 Å². The highest BCUT2D eigenvalue weighted by atomic mass is 35.5. The van der Waals surface area contributed by atoms with Gasteiger partial charge in [-0.15, -0.1) is 0 Å². The van der Waals surface area contributed by atoms with Crippen LogP contribution in [0.25, 0.3) is 0 Å². The van der Waals surface area contributed by atoms with Crippen LogP contribution in [0.1, 0.15) is 0 Å². The van der Waals surface area contributed by atoms with E-state index in [0.717, 1.165) is 5.69 Å². The van der Waals surface area contributed by atoms with E-state index in [1.54, 1.807) is 18.2 Å². The number of benzene rings is 2. The van der Waals surface area contributed by atoms with E-state index in [-0.39, 0.29) is 0 Å². The van der Waals surface area contributed by atoms with Crippen molar-refractivity contribution in [1.29, 1.82) is 0 Å². The minimum atomic E-state index is 0.418. The second-order valence-corrected chi connectivity index (χ2v) is 4.98. The SMILES string of the molecule is Clc1cc(Cl)c(Nc2ccccc2Cl)cc1Cl. The average molecular weight is 307 g/mol. The van der Waals surface area contributed by atoms with Gasteiger partial charge in [0.1, 0.15) is 0 Å². The normalized spacial score (nSPS) is 10.4. The summed E-state index contributed by atoms with van der Waals surface area (Å²) in [5.41, 5.74) is 1.42. The van der Waals surface area contributed by atoms with Crippen LogP contribution in [0.15, 0.2) is 36.4 Å². The Kier molecular flexibility index (Phi) is 4.05. The smallest absolute Gasteiger partial charge is 0.0656 e. The Morgan fingerprint density at radius 2 is 1.29 bits per heavy atom. The molecule has 0 fully saturated rings. The lowest BCUT2D eigenvalue weighted by molar-refractivity contribution is 1.55.